The fraction of sp³-hybridized carbons (Fsp3) is 0.625. The summed E-state index contributed by atoms with van der Waals surface area (Å²) in [5.41, 5.74) is 7.24. The number of piperidine rings is 1. The summed E-state index contributed by atoms with van der Waals surface area (Å²) in [6.45, 7) is 7.07. The fourth-order valence-electron chi connectivity index (χ4n) is 2.94. The molecule has 0 atom stereocenters. The molecule has 2 N–H and O–H groups in total. The van der Waals surface area contributed by atoms with E-state index in [0.29, 0.717) is 6.54 Å². The number of nitrogens with zero attached hydrogens (tertiary/aromatic N) is 1. The zero-order valence-corrected chi connectivity index (χ0v) is 12.0. The monoisotopic (exact) mass is 264 g/mol. The lowest BCUT2D eigenvalue weighted by Crippen LogP contribution is -2.35. The Morgan fingerprint density at radius 1 is 1.32 bits per heavy atom. The standard InChI is InChI=1S/C16H25FN2/c1-12(2)14-6-9-19(10-7-14)16-4-3-13(5-8-18)11-15(16)17/h3-4,11-12,14H,5-10,18H2,1-2H3. The predicted molar refractivity (Wildman–Crippen MR) is 78.9 cm³/mol. The third-order valence-electron chi connectivity index (χ3n) is 4.27. The van der Waals surface area contributed by atoms with Crippen molar-refractivity contribution in [3.63, 3.8) is 0 Å². The molecule has 1 aromatic carbocycles. The van der Waals surface area contributed by atoms with Gasteiger partial charge in [0.2, 0.25) is 0 Å². The van der Waals surface area contributed by atoms with Crippen LogP contribution in [0.2, 0.25) is 0 Å². The first-order valence-corrected chi connectivity index (χ1v) is 7.35. The highest BCUT2D eigenvalue weighted by atomic mass is 19.1. The van der Waals surface area contributed by atoms with Gasteiger partial charge in [0.1, 0.15) is 5.82 Å². The smallest absolute Gasteiger partial charge is 0.146 e. The van der Waals surface area contributed by atoms with Crippen molar-refractivity contribution in [1.29, 1.82) is 0 Å². The summed E-state index contributed by atoms with van der Waals surface area (Å²) in [4.78, 5) is 2.18. The van der Waals surface area contributed by atoms with Crippen LogP contribution in [-0.4, -0.2) is 19.6 Å². The van der Waals surface area contributed by atoms with Gasteiger partial charge in [0.15, 0.2) is 0 Å². The van der Waals surface area contributed by atoms with Crippen LogP contribution in [0.25, 0.3) is 0 Å². The van der Waals surface area contributed by atoms with Gasteiger partial charge < -0.3 is 10.6 Å². The summed E-state index contributed by atoms with van der Waals surface area (Å²) in [6.07, 6.45) is 3.08. The van der Waals surface area contributed by atoms with E-state index >= 15 is 0 Å². The van der Waals surface area contributed by atoms with E-state index in [-0.39, 0.29) is 5.82 Å². The van der Waals surface area contributed by atoms with Crippen LogP contribution in [0.3, 0.4) is 0 Å². The van der Waals surface area contributed by atoms with Crippen molar-refractivity contribution in [3.8, 4) is 0 Å². The van der Waals surface area contributed by atoms with Gasteiger partial charge in [0.05, 0.1) is 5.69 Å². The summed E-state index contributed by atoms with van der Waals surface area (Å²) < 4.78 is 14.1. The number of hydrogen-bond donors (Lipinski definition) is 1. The maximum absolute atomic E-state index is 14.1. The summed E-state index contributed by atoms with van der Waals surface area (Å²) in [7, 11) is 0. The molecule has 0 saturated carbocycles. The average molecular weight is 264 g/mol. The van der Waals surface area contributed by atoms with E-state index in [0.717, 1.165) is 42.6 Å². The molecule has 1 fully saturated rings. The number of hydrogen-bond acceptors (Lipinski definition) is 2. The minimum absolute atomic E-state index is 0.103. The Morgan fingerprint density at radius 2 is 2.00 bits per heavy atom. The highest BCUT2D eigenvalue weighted by molar-refractivity contribution is 5.49. The molecular formula is C16H25FN2. The summed E-state index contributed by atoms with van der Waals surface area (Å²) >= 11 is 0. The van der Waals surface area contributed by atoms with Crippen molar-refractivity contribution < 1.29 is 4.39 Å². The van der Waals surface area contributed by atoms with Crippen LogP contribution in [0.1, 0.15) is 32.3 Å². The molecule has 1 aromatic rings. The van der Waals surface area contributed by atoms with Crippen LogP contribution in [0.15, 0.2) is 18.2 Å². The number of rotatable bonds is 4. The second-order valence-electron chi connectivity index (χ2n) is 5.89. The van der Waals surface area contributed by atoms with Crippen LogP contribution in [-0.2, 0) is 6.42 Å². The van der Waals surface area contributed by atoms with Crippen LogP contribution in [0, 0.1) is 17.7 Å². The van der Waals surface area contributed by atoms with Gasteiger partial charge in [-0.05, 0) is 55.3 Å². The van der Waals surface area contributed by atoms with Crippen molar-refractivity contribution in [2.45, 2.75) is 33.1 Å². The predicted octanol–water partition coefficient (Wildman–Crippen LogP) is 3.20. The van der Waals surface area contributed by atoms with E-state index < -0.39 is 0 Å². The maximum atomic E-state index is 14.1. The minimum atomic E-state index is -0.103. The SMILES string of the molecule is CC(C)C1CCN(c2ccc(CCN)cc2F)CC1. The molecule has 0 unspecified atom stereocenters. The Hall–Kier alpha value is -1.09. The van der Waals surface area contributed by atoms with E-state index in [1.165, 1.54) is 12.8 Å². The lowest BCUT2D eigenvalue weighted by molar-refractivity contribution is 0.310. The molecule has 0 radical (unpaired) electrons. The van der Waals surface area contributed by atoms with Gasteiger partial charge in [-0.2, -0.15) is 0 Å². The van der Waals surface area contributed by atoms with Gasteiger partial charge in [-0.1, -0.05) is 19.9 Å². The Morgan fingerprint density at radius 3 is 2.53 bits per heavy atom. The van der Waals surface area contributed by atoms with Gasteiger partial charge in [-0.15, -0.1) is 0 Å². The van der Waals surface area contributed by atoms with Gasteiger partial charge in [0, 0.05) is 13.1 Å². The van der Waals surface area contributed by atoms with E-state index in [1.807, 2.05) is 12.1 Å². The Labute approximate surface area is 115 Å². The fourth-order valence-corrected chi connectivity index (χ4v) is 2.94. The molecule has 1 aliphatic rings. The number of anilines is 1. The van der Waals surface area contributed by atoms with Crippen molar-refractivity contribution in [2.24, 2.45) is 17.6 Å². The lowest BCUT2D eigenvalue weighted by Gasteiger charge is -2.35. The van der Waals surface area contributed by atoms with Crippen molar-refractivity contribution >= 4 is 5.69 Å². The molecule has 0 spiro atoms. The van der Waals surface area contributed by atoms with Gasteiger partial charge in [-0.25, -0.2) is 4.39 Å². The molecule has 0 bridgehead atoms. The molecule has 1 heterocycles. The van der Waals surface area contributed by atoms with Crippen LogP contribution in [0.4, 0.5) is 10.1 Å². The number of halogens is 1. The van der Waals surface area contributed by atoms with Gasteiger partial charge >= 0.3 is 0 Å². The van der Waals surface area contributed by atoms with Gasteiger partial charge in [0.25, 0.3) is 0 Å². The van der Waals surface area contributed by atoms with Crippen molar-refractivity contribution in [3.05, 3.63) is 29.6 Å². The molecule has 1 aliphatic heterocycles. The quantitative estimate of drug-likeness (QED) is 0.905. The summed E-state index contributed by atoms with van der Waals surface area (Å²) in [5, 5.41) is 0. The zero-order chi connectivity index (χ0) is 13.8. The number of nitrogens with two attached hydrogens (primary N) is 1. The lowest BCUT2D eigenvalue weighted by atomic mass is 9.86. The second kappa shape index (κ2) is 6.38. The molecule has 19 heavy (non-hydrogen) atoms. The molecule has 2 nitrogen and oxygen atoms in total. The molecule has 0 aliphatic carbocycles. The summed E-state index contributed by atoms with van der Waals surface area (Å²) in [6, 6.07) is 5.55. The molecule has 3 heteroatoms. The second-order valence-corrected chi connectivity index (χ2v) is 5.89. The van der Waals surface area contributed by atoms with E-state index in [1.54, 1.807) is 6.07 Å². The van der Waals surface area contributed by atoms with E-state index in [2.05, 4.69) is 18.7 Å². The van der Waals surface area contributed by atoms with E-state index in [4.69, 9.17) is 5.73 Å². The first-order valence-electron chi connectivity index (χ1n) is 7.35. The Bertz CT molecular complexity index is 409. The Balaban J connectivity index is 2.03. The van der Waals surface area contributed by atoms with Crippen LogP contribution < -0.4 is 10.6 Å². The van der Waals surface area contributed by atoms with E-state index in [9.17, 15) is 4.39 Å². The topological polar surface area (TPSA) is 29.3 Å². The first kappa shape index (κ1) is 14.3. The van der Waals surface area contributed by atoms with Crippen molar-refractivity contribution in [1.82, 2.24) is 0 Å². The maximum Gasteiger partial charge on any atom is 0.146 e. The minimum Gasteiger partial charge on any atom is -0.369 e. The highest BCUT2D eigenvalue weighted by Gasteiger charge is 2.23. The largest absolute Gasteiger partial charge is 0.369 e. The first-order chi connectivity index (χ1) is 9.11. The molecule has 1 saturated heterocycles. The van der Waals surface area contributed by atoms with Crippen LogP contribution >= 0.6 is 0 Å². The van der Waals surface area contributed by atoms with Crippen molar-refractivity contribution in [2.75, 3.05) is 24.5 Å². The highest BCUT2D eigenvalue weighted by Crippen LogP contribution is 2.29. The zero-order valence-electron chi connectivity index (χ0n) is 12.0. The molecule has 2 rings (SSSR count). The average Bonchev–Trinajstić information content (AvgIpc) is 2.39. The normalized spacial score (nSPS) is 17.2. The molecule has 106 valence electrons. The third kappa shape index (κ3) is 3.47. The Kier molecular flexibility index (Phi) is 4.81. The number of benzene rings is 1. The summed E-state index contributed by atoms with van der Waals surface area (Å²) in [5.74, 6) is 1.42. The van der Waals surface area contributed by atoms with Crippen LogP contribution in [0.5, 0.6) is 0 Å². The molecule has 0 aromatic heterocycles. The molecule has 0 amide bonds. The third-order valence-corrected chi connectivity index (χ3v) is 4.27. The van der Waals surface area contributed by atoms with Gasteiger partial charge in [-0.3, -0.25) is 0 Å². The molecular weight excluding hydrogens is 239 g/mol.